The number of ether oxygens (including phenoxy) is 1. The average Bonchev–Trinajstić information content (AvgIpc) is 2.89. The van der Waals surface area contributed by atoms with Crippen LogP contribution in [0.4, 0.5) is 4.39 Å². The number of rotatable bonds is 4. The van der Waals surface area contributed by atoms with Crippen LogP contribution in [0.3, 0.4) is 0 Å². The third-order valence-corrected chi connectivity index (χ3v) is 3.08. The molecule has 0 fully saturated rings. The molecule has 100 valence electrons. The van der Waals surface area contributed by atoms with E-state index in [1.165, 1.54) is 6.07 Å². The summed E-state index contributed by atoms with van der Waals surface area (Å²) < 4.78 is 18.3. The van der Waals surface area contributed by atoms with Crippen LogP contribution in [0.25, 0.3) is 11.3 Å². The molecule has 0 aliphatic rings. The van der Waals surface area contributed by atoms with Crippen LogP contribution >= 0.6 is 15.9 Å². The maximum Gasteiger partial charge on any atom is 0.361 e. The van der Waals surface area contributed by atoms with Gasteiger partial charge in [0.05, 0.1) is 6.61 Å². The molecule has 1 aromatic heterocycles. The SMILES string of the molecule is CCOC(=O)c1n[nH]nc1-c1ccc(F)c(CBr)c1. The molecular formula is C12H11BrFN3O2. The van der Waals surface area contributed by atoms with E-state index in [2.05, 4.69) is 31.3 Å². The lowest BCUT2D eigenvalue weighted by Gasteiger charge is -2.04. The maximum absolute atomic E-state index is 13.4. The molecule has 0 bridgehead atoms. The van der Waals surface area contributed by atoms with Crippen molar-refractivity contribution in [2.45, 2.75) is 12.3 Å². The van der Waals surface area contributed by atoms with E-state index in [1.807, 2.05) is 0 Å². The second-order valence-corrected chi connectivity index (χ2v) is 4.24. The third-order valence-electron chi connectivity index (χ3n) is 2.48. The lowest BCUT2D eigenvalue weighted by atomic mass is 10.1. The zero-order chi connectivity index (χ0) is 13.8. The van der Waals surface area contributed by atoms with Gasteiger partial charge in [-0.1, -0.05) is 15.9 Å². The number of nitrogens with zero attached hydrogens (tertiary/aromatic N) is 2. The van der Waals surface area contributed by atoms with E-state index in [9.17, 15) is 9.18 Å². The number of nitrogens with one attached hydrogen (secondary N) is 1. The molecule has 0 radical (unpaired) electrons. The van der Waals surface area contributed by atoms with E-state index in [0.717, 1.165) is 0 Å². The molecule has 0 saturated heterocycles. The molecule has 1 heterocycles. The molecule has 0 unspecified atom stereocenters. The molecule has 0 amide bonds. The fourth-order valence-corrected chi connectivity index (χ4v) is 2.03. The number of aromatic nitrogens is 3. The summed E-state index contributed by atoms with van der Waals surface area (Å²) in [6, 6.07) is 4.49. The molecule has 2 rings (SSSR count). The van der Waals surface area contributed by atoms with Crippen LogP contribution in [0, 0.1) is 5.82 Å². The van der Waals surface area contributed by atoms with Crippen LogP contribution in [0.2, 0.25) is 0 Å². The van der Waals surface area contributed by atoms with E-state index < -0.39 is 5.97 Å². The van der Waals surface area contributed by atoms with E-state index in [0.29, 0.717) is 22.2 Å². The topological polar surface area (TPSA) is 67.9 Å². The minimum atomic E-state index is -0.559. The molecule has 2 aromatic rings. The van der Waals surface area contributed by atoms with Gasteiger partial charge in [-0.05, 0) is 30.7 Å². The van der Waals surface area contributed by atoms with Crippen LogP contribution in [-0.4, -0.2) is 28.0 Å². The highest BCUT2D eigenvalue weighted by Gasteiger charge is 2.19. The standard InChI is InChI=1S/C12H11BrFN3O2/c1-2-19-12(18)11-10(15-17-16-11)7-3-4-9(14)8(5-7)6-13/h3-5H,2,6H2,1H3,(H,15,16,17). The highest BCUT2D eigenvalue weighted by molar-refractivity contribution is 9.08. The normalized spacial score (nSPS) is 10.5. The van der Waals surface area contributed by atoms with Gasteiger partial charge >= 0.3 is 5.97 Å². The summed E-state index contributed by atoms with van der Waals surface area (Å²) in [5, 5.41) is 10.4. The lowest BCUT2D eigenvalue weighted by molar-refractivity contribution is 0.0520. The van der Waals surface area contributed by atoms with Crippen molar-refractivity contribution in [1.82, 2.24) is 15.4 Å². The van der Waals surface area contributed by atoms with Crippen molar-refractivity contribution in [1.29, 1.82) is 0 Å². The summed E-state index contributed by atoms with van der Waals surface area (Å²) in [5.41, 5.74) is 1.53. The Balaban J connectivity index is 2.42. The number of alkyl halides is 1. The number of H-pyrrole nitrogens is 1. The Morgan fingerprint density at radius 1 is 1.47 bits per heavy atom. The Hall–Kier alpha value is -1.76. The van der Waals surface area contributed by atoms with Crippen molar-refractivity contribution in [2.75, 3.05) is 6.61 Å². The zero-order valence-electron chi connectivity index (χ0n) is 10.1. The van der Waals surface area contributed by atoms with Gasteiger partial charge in [0, 0.05) is 10.9 Å². The Morgan fingerprint density at radius 3 is 2.95 bits per heavy atom. The van der Waals surface area contributed by atoms with Crippen molar-refractivity contribution in [3.05, 3.63) is 35.3 Å². The summed E-state index contributed by atoms with van der Waals surface area (Å²) in [6.07, 6.45) is 0. The van der Waals surface area contributed by atoms with Gasteiger partial charge in [0.2, 0.25) is 0 Å². The number of hydrogen-bond donors (Lipinski definition) is 1. The second kappa shape index (κ2) is 5.92. The van der Waals surface area contributed by atoms with Crippen LogP contribution in [0.1, 0.15) is 23.0 Å². The van der Waals surface area contributed by atoms with Crippen molar-refractivity contribution in [3.63, 3.8) is 0 Å². The van der Waals surface area contributed by atoms with Gasteiger partial charge in [-0.2, -0.15) is 10.3 Å². The molecule has 0 aliphatic carbocycles. The minimum absolute atomic E-state index is 0.0916. The Labute approximate surface area is 117 Å². The van der Waals surface area contributed by atoms with Crippen molar-refractivity contribution in [2.24, 2.45) is 0 Å². The number of halogens is 2. The predicted molar refractivity (Wildman–Crippen MR) is 70.4 cm³/mol. The molecule has 19 heavy (non-hydrogen) atoms. The maximum atomic E-state index is 13.4. The number of aromatic amines is 1. The van der Waals surface area contributed by atoms with Crippen molar-refractivity contribution < 1.29 is 13.9 Å². The first-order valence-electron chi connectivity index (χ1n) is 5.60. The first-order valence-corrected chi connectivity index (χ1v) is 6.72. The number of carbonyl (C=O) groups excluding carboxylic acids is 1. The predicted octanol–water partition coefficient (Wildman–Crippen LogP) is 2.68. The quantitative estimate of drug-likeness (QED) is 0.692. The fraction of sp³-hybridized carbons (Fsp3) is 0.250. The Kier molecular flexibility index (Phi) is 4.26. The first kappa shape index (κ1) is 13.7. The molecule has 0 spiro atoms. The van der Waals surface area contributed by atoms with E-state index in [4.69, 9.17) is 4.74 Å². The first-order chi connectivity index (χ1) is 9.17. The molecule has 7 heteroatoms. The molecule has 0 atom stereocenters. The van der Waals surface area contributed by atoms with Gasteiger partial charge in [-0.15, -0.1) is 5.10 Å². The summed E-state index contributed by atoms with van der Waals surface area (Å²) in [4.78, 5) is 11.7. The minimum Gasteiger partial charge on any atom is -0.461 e. The van der Waals surface area contributed by atoms with Gasteiger partial charge in [-0.25, -0.2) is 9.18 Å². The van der Waals surface area contributed by atoms with Crippen LogP contribution in [-0.2, 0) is 10.1 Å². The number of benzene rings is 1. The monoisotopic (exact) mass is 327 g/mol. The summed E-state index contributed by atoms with van der Waals surface area (Å²) >= 11 is 3.20. The third kappa shape index (κ3) is 2.81. The van der Waals surface area contributed by atoms with E-state index in [-0.39, 0.29) is 18.1 Å². The van der Waals surface area contributed by atoms with Gasteiger partial charge in [0.1, 0.15) is 11.5 Å². The second-order valence-electron chi connectivity index (χ2n) is 3.68. The molecule has 0 aliphatic heterocycles. The molecule has 0 saturated carbocycles. The summed E-state index contributed by atoms with van der Waals surface area (Å²) in [7, 11) is 0. The van der Waals surface area contributed by atoms with Gasteiger partial charge in [0.15, 0.2) is 5.69 Å². The van der Waals surface area contributed by atoms with Crippen LogP contribution in [0.15, 0.2) is 18.2 Å². The zero-order valence-corrected chi connectivity index (χ0v) is 11.7. The van der Waals surface area contributed by atoms with E-state index in [1.54, 1.807) is 19.1 Å². The molecule has 1 N–H and O–H groups in total. The Morgan fingerprint density at radius 2 is 2.26 bits per heavy atom. The van der Waals surface area contributed by atoms with Crippen molar-refractivity contribution in [3.8, 4) is 11.3 Å². The smallest absolute Gasteiger partial charge is 0.361 e. The summed E-state index contributed by atoms with van der Waals surface area (Å²) in [6.45, 7) is 1.96. The fourth-order valence-electron chi connectivity index (χ4n) is 1.60. The Bertz CT molecular complexity index is 600. The van der Waals surface area contributed by atoms with Crippen LogP contribution < -0.4 is 0 Å². The number of hydrogen-bond acceptors (Lipinski definition) is 4. The molecule has 1 aromatic carbocycles. The number of esters is 1. The average molecular weight is 328 g/mol. The highest BCUT2D eigenvalue weighted by atomic mass is 79.9. The van der Waals surface area contributed by atoms with Gasteiger partial charge in [0.25, 0.3) is 0 Å². The molecule has 5 nitrogen and oxygen atoms in total. The lowest BCUT2D eigenvalue weighted by Crippen LogP contribution is -2.06. The largest absolute Gasteiger partial charge is 0.461 e. The van der Waals surface area contributed by atoms with Gasteiger partial charge < -0.3 is 4.74 Å². The van der Waals surface area contributed by atoms with Gasteiger partial charge in [-0.3, -0.25) is 0 Å². The van der Waals surface area contributed by atoms with Crippen molar-refractivity contribution >= 4 is 21.9 Å². The number of carbonyl (C=O) groups is 1. The summed E-state index contributed by atoms with van der Waals surface area (Å²) in [5.74, 6) is -0.877. The van der Waals surface area contributed by atoms with Crippen LogP contribution in [0.5, 0.6) is 0 Å². The van der Waals surface area contributed by atoms with E-state index >= 15 is 0 Å². The highest BCUT2D eigenvalue weighted by Crippen LogP contribution is 2.24. The molecular weight excluding hydrogens is 317 g/mol.